The van der Waals surface area contributed by atoms with Crippen LogP contribution in [0.3, 0.4) is 0 Å². The summed E-state index contributed by atoms with van der Waals surface area (Å²) in [7, 11) is 0. The molecule has 0 aliphatic rings. The highest BCUT2D eigenvalue weighted by molar-refractivity contribution is 5.82. The standard InChI is InChI=1S/C22H31NO.C4H6O6/c1-16(2)23(17(3)4)14-13-20(19-9-7-6-8-10-19)21-15-18(5)11-12-22(21)24;5-1(3(7)8)2(6)4(9)10/h6-12,15-17,20,24H,13-14H2,1-5H3;1-2,5-6H,(H,7,8)(H,9,10)/t20-;1-,2-/m11/s1. The second-order valence-corrected chi connectivity index (χ2v) is 9.00. The van der Waals surface area contributed by atoms with Crippen molar-refractivity contribution in [2.24, 2.45) is 0 Å². The van der Waals surface area contributed by atoms with Crippen LogP contribution in [0.1, 0.15) is 56.7 Å². The lowest BCUT2D eigenvalue weighted by molar-refractivity contribution is -0.942. The SMILES string of the molecule is Cc1ccc(O)c([C@H](CC[NH+](C(C)C)C(C)C)c2ccccc2)c1.O=C([O-])[C@H](O)[C@@H](O)C(=O)O. The summed E-state index contributed by atoms with van der Waals surface area (Å²) in [6, 6.07) is 17.7. The third kappa shape index (κ3) is 8.78. The van der Waals surface area contributed by atoms with Crippen LogP contribution in [0.15, 0.2) is 48.5 Å². The Bertz CT molecular complexity index is 889. The molecule has 0 unspecified atom stereocenters. The molecule has 0 heterocycles. The molecule has 0 amide bonds. The number of quaternary nitrogens is 1. The molecule has 2 aromatic carbocycles. The predicted molar refractivity (Wildman–Crippen MR) is 127 cm³/mol. The predicted octanol–water partition coefficient (Wildman–Crippen LogP) is 0.467. The van der Waals surface area contributed by atoms with E-state index < -0.39 is 24.1 Å². The Morgan fingerprint density at radius 2 is 1.50 bits per heavy atom. The Kier molecular flexibility index (Phi) is 11.7. The maximum Gasteiger partial charge on any atom is 0.335 e. The van der Waals surface area contributed by atoms with E-state index in [-0.39, 0.29) is 5.92 Å². The number of phenols is 1. The Balaban J connectivity index is 0.000000489. The number of aryl methyl sites for hydroxylation is 1. The number of benzene rings is 2. The van der Waals surface area contributed by atoms with Crippen LogP contribution in [-0.2, 0) is 9.59 Å². The molecule has 8 nitrogen and oxygen atoms in total. The van der Waals surface area contributed by atoms with Gasteiger partial charge in [0, 0.05) is 17.9 Å². The van der Waals surface area contributed by atoms with E-state index in [4.69, 9.17) is 15.3 Å². The van der Waals surface area contributed by atoms with Gasteiger partial charge in [-0.3, -0.25) is 0 Å². The van der Waals surface area contributed by atoms with Crippen LogP contribution in [0.2, 0.25) is 0 Å². The molecule has 0 saturated carbocycles. The molecule has 0 aromatic heterocycles. The van der Waals surface area contributed by atoms with Gasteiger partial charge in [-0.1, -0.05) is 48.0 Å². The highest BCUT2D eigenvalue weighted by Crippen LogP contribution is 2.34. The zero-order valence-electron chi connectivity index (χ0n) is 20.4. The molecule has 2 rings (SSSR count). The van der Waals surface area contributed by atoms with E-state index >= 15 is 0 Å². The molecule has 8 heteroatoms. The lowest BCUT2D eigenvalue weighted by Gasteiger charge is -2.29. The summed E-state index contributed by atoms with van der Waals surface area (Å²) in [5.41, 5.74) is 3.53. The minimum absolute atomic E-state index is 0.235. The van der Waals surface area contributed by atoms with Crippen molar-refractivity contribution in [3.05, 3.63) is 65.2 Å². The third-order valence-electron chi connectivity index (χ3n) is 5.76. The number of carbonyl (C=O) groups is 2. The van der Waals surface area contributed by atoms with Gasteiger partial charge < -0.3 is 35.2 Å². The molecule has 34 heavy (non-hydrogen) atoms. The molecule has 0 aliphatic heterocycles. The first-order valence-corrected chi connectivity index (χ1v) is 11.4. The molecule has 0 bridgehead atoms. The number of carboxylic acid groups (broad SMARTS) is 2. The topological polar surface area (TPSA) is 143 Å². The largest absolute Gasteiger partial charge is 0.547 e. The number of hydrogen-bond donors (Lipinski definition) is 5. The van der Waals surface area contributed by atoms with Crippen LogP contribution < -0.4 is 10.0 Å². The number of aliphatic hydroxyl groups excluding tert-OH is 2. The van der Waals surface area contributed by atoms with Gasteiger partial charge in [0.2, 0.25) is 0 Å². The van der Waals surface area contributed by atoms with Gasteiger partial charge >= 0.3 is 5.97 Å². The fourth-order valence-electron chi connectivity index (χ4n) is 3.96. The quantitative estimate of drug-likeness (QED) is 0.336. The Hall–Kier alpha value is -2.94. The normalized spacial score (nSPS) is 13.8. The number of rotatable bonds is 10. The van der Waals surface area contributed by atoms with Gasteiger partial charge in [-0.05, 0) is 46.2 Å². The van der Waals surface area contributed by atoms with Crippen LogP contribution in [0.25, 0.3) is 0 Å². The van der Waals surface area contributed by atoms with Crippen LogP contribution in [-0.4, -0.2) is 63.2 Å². The van der Waals surface area contributed by atoms with E-state index in [1.165, 1.54) is 11.1 Å². The number of carboxylic acids is 2. The fraction of sp³-hybridized carbons (Fsp3) is 0.462. The Morgan fingerprint density at radius 1 is 0.941 bits per heavy atom. The van der Waals surface area contributed by atoms with Crippen LogP contribution in [0, 0.1) is 6.92 Å². The Morgan fingerprint density at radius 3 is 1.94 bits per heavy atom. The van der Waals surface area contributed by atoms with Gasteiger partial charge in [-0.2, -0.15) is 0 Å². The molecule has 0 saturated heterocycles. The smallest absolute Gasteiger partial charge is 0.335 e. The third-order valence-corrected chi connectivity index (χ3v) is 5.76. The number of carbonyl (C=O) groups excluding carboxylic acids is 1. The van der Waals surface area contributed by atoms with Gasteiger partial charge in [0.25, 0.3) is 0 Å². The number of aromatic hydroxyl groups is 1. The zero-order chi connectivity index (χ0) is 26.0. The summed E-state index contributed by atoms with van der Waals surface area (Å²) in [6.07, 6.45) is -3.67. The monoisotopic (exact) mass is 475 g/mol. The second-order valence-electron chi connectivity index (χ2n) is 9.00. The van der Waals surface area contributed by atoms with Crippen molar-refractivity contribution in [3.63, 3.8) is 0 Å². The number of hydrogen-bond acceptors (Lipinski definition) is 6. The van der Waals surface area contributed by atoms with E-state index in [0.717, 1.165) is 18.5 Å². The molecule has 3 atom stereocenters. The summed E-state index contributed by atoms with van der Waals surface area (Å²) in [5, 5.41) is 44.6. The maximum absolute atomic E-state index is 10.4. The van der Waals surface area contributed by atoms with Crippen molar-refractivity contribution >= 4 is 11.9 Å². The van der Waals surface area contributed by atoms with E-state index in [1.807, 2.05) is 12.1 Å². The minimum atomic E-state index is -2.38. The van der Waals surface area contributed by atoms with E-state index in [9.17, 15) is 19.8 Å². The first-order chi connectivity index (χ1) is 15.9. The van der Waals surface area contributed by atoms with Crippen molar-refractivity contribution in [2.45, 2.75) is 71.2 Å². The van der Waals surface area contributed by atoms with E-state index in [1.54, 1.807) is 4.90 Å². The molecule has 188 valence electrons. The van der Waals surface area contributed by atoms with Crippen molar-refractivity contribution in [1.29, 1.82) is 0 Å². The van der Waals surface area contributed by atoms with Gasteiger partial charge in [0.15, 0.2) is 6.10 Å². The first-order valence-electron chi connectivity index (χ1n) is 11.4. The molecule has 0 aliphatic carbocycles. The fourth-order valence-corrected chi connectivity index (χ4v) is 3.96. The zero-order valence-corrected chi connectivity index (χ0v) is 20.4. The lowest BCUT2D eigenvalue weighted by atomic mass is 9.87. The highest BCUT2D eigenvalue weighted by Gasteiger charge is 2.24. The molecule has 0 spiro atoms. The van der Waals surface area contributed by atoms with Crippen LogP contribution in [0.4, 0.5) is 0 Å². The van der Waals surface area contributed by atoms with Crippen molar-refractivity contribution in [3.8, 4) is 5.75 Å². The second kappa shape index (κ2) is 13.7. The summed E-state index contributed by atoms with van der Waals surface area (Å²) < 4.78 is 0. The highest BCUT2D eigenvalue weighted by atomic mass is 16.4. The molecule has 0 radical (unpaired) electrons. The molecular formula is C26H37NO7. The first kappa shape index (κ1) is 29.1. The molecular weight excluding hydrogens is 438 g/mol. The molecule has 2 aromatic rings. The number of nitrogens with one attached hydrogen (secondary N) is 1. The lowest BCUT2D eigenvalue weighted by Crippen LogP contribution is -3.17. The van der Waals surface area contributed by atoms with Crippen molar-refractivity contribution < 1.29 is 40.0 Å². The number of aliphatic carboxylic acids is 2. The summed E-state index contributed by atoms with van der Waals surface area (Å²) in [5.74, 6) is -3.18. The van der Waals surface area contributed by atoms with Gasteiger partial charge in [-0.25, -0.2) is 4.79 Å². The molecule has 5 N–H and O–H groups in total. The van der Waals surface area contributed by atoms with E-state index in [2.05, 4.69) is 71.0 Å². The van der Waals surface area contributed by atoms with Crippen LogP contribution >= 0.6 is 0 Å². The average Bonchev–Trinajstić information content (AvgIpc) is 2.78. The number of aliphatic hydroxyl groups is 2. The van der Waals surface area contributed by atoms with Crippen LogP contribution in [0.5, 0.6) is 5.75 Å². The summed E-state index contributed by atoms with van der Waals surface area (Å²) in [6.45, 7) is 12.3. The van der Waals surface area contributed by atoms with Crippen molar-refractivity contribution in [1.82, 2.24) is 0 Å². The molecule has 0 fully saturated rings. The summed E-state index contributed by atoms with van der Waals surface area (Å²) >= 11 is 0. The Labute approximate surface area is 201 Å². The van der Waals surface area contributed by atoms with Gasteiger partial charge in [-0.15, -0.1) is 0 Å². The van der Waals surface area contributed by atoms with Crippen molar-refractivity contribution in [2.75, 3.05) is 6.54 Å². The number of phenolic OH excluding ortho intramolecular Hbond substituents is 1. The average molecular weight is 476 g/mol. The van der Waals surface area contributed by atoms with Gasteiger partial charge in [0.05, 0.1) is 24.6 Å². The van der Waals surface area contributed by atoms with E-state index in [0.29, 0.717) is 17.8 Å². The minimum Gasteiger partial charge on any atom is -0.547 e. The maximum atomic E-state index is 10.4. The van der Waals surface area contributed by atoms with Gasteiger partial charge in [0.1, 0.15) is 11.9 Å². The summed E-state index contributed by atoms with van der Waals surface area (Å²) in [4.78, 5) is 21.0.